The van der Waals surface area contributed by atoms with E-state index < -0.39 is 45.1 Å². The van der Waals surface area contributed by atoms with Crippen LogP contribution >= 0.6 is 7.82 Å². The third-order valence-corrected chi connectivity index (χ3v) is 11.2. The highest BCUT2D eigenvalue weighted by Crippen LogP contribution is 2.43. The molecule has 332 valence electrons. The maximum absolute atomic E-state index is 12.6. The highest BCUT2D eigenvalue weighted by Gasteiger charge is 2.27. The molecule has 3 unspecified atom stereocenters. The number of carbonyl (C=O) groups excluding carboxylic acids is 1. The molecule has 0 fully saturated rings. The smallest absolute Gasteiger partial charge is 0.472 e. The van der Waals surface area contributed by atoms with E-state index in [-0.39, 0.29) is 13.0 Å². The summed E-state index contributed by atoms with van der Waals surface area (Å²) < 4.78 is 33.3. The molecule has 0 rings (SSSR count). The number of carbonyl (C=O) groups is 2. The topological polar surface area (TPSA) is 155 Å². The molecule has 0 aromatic rings. The minimum Gasteiger partial charge on any atom is -0.480 e. The summed E-state index contributed by atoms with van der Waals surface area (Å²) in [6.07, 6.45) is 44.3. The first-order chi connectivity index (χ1) is 27.2. The van der Waals surface area contributed by atoms with Crippen molar-refractivity contribution < 1.29 is 42.7 Å². The predicted octanol–water partition coefficient (Wildman–Crippen LogP) is 12.9. The number of unbranched alkanes of at least 4 members (excludes halogenated alkanes) is 29. The van der Waals surface area contributed by atoms with Gasteiger partial charge in [0.05, 0.1) is 19.8 Å². The van der Waals surface area contributed by atoms with Crippen LogP contribution in [0.3, 0.4) is 0 Å². The summed E-state index contributed by atoms with van der Waals surface area (Å²) in [5, 5.41) is 8.89. The first kappa shape index (κ1) is 54.7. The second-order valence-electron chi connectivity index (χ2n) is 15.9. The van der Waals surface area contributed by atoms with Crippen LogP contribution in [-0.4, -0.2) is 60.5 Å². The van der Waals surface area contributed by atoms with Crippen molar-refractivity contribution >= 4 is 19.8 Å². The lowest BCUT2D eigenvalue weighted by Gasteiger charge is -2.20. The lowest BCUT2D eigenvalue weighted by molar-refractivity contribution is -0.154. The SMILES string of the molecule is CCC/C=C\CCCCCCCC(=O)OC(COCCCCCCCCCCCCCCCCCCCCCCCCCC)COP(=O)(O)OCC(N)C(=O)O. The van der Waals surface area contributed by atoms with Gasteiger partial charge in [0.15, 0.2) is 0 Å². The standard InChI is InChI=1S/C45H88NO9P/c1-3-5-7-9-11-13-15-16-17-18-19-20-21-22-23-24-25-26-27-28-30-32-34-36-38-52-39-42(40-53-56(50,51)54-41-43(46)45(48)49)55-44(47)37-35-33-31-29-14-12-10-8-6-4-2/h8,10,42-43H,3-7,9,11-41,46H2,1-2H3,(H,48,49)(H,50,51)/b10-8-. The molecule has 11 heteroatoms. The zero-order valence-electron chi connectivity index (χ0n) is 36.2. The molecule has 0 heterocycles. The Hall–Kier alpha value is -1.29. The number of carboxylic acids is 1. The average Bonchev–Trinajstić information content (AvgIpc) is 3.18. The van der Waals surface area contributed by atoms with Crippen molar-refractivity contribution in [1.29, 1.82) is 0 Å². The Morgan fingerprint density at radius 1 is 0.554 bits per heavy atom. The zero-order chi connectivity index (χ0) is 41.2. The largest absolute Gasteiger partial charge is 0.480 e. The molecule has 0 aliphatic heterocycles. The monoisotopic (exact) mass is 818 g/mol. The minimum absolute atomic E-state index is 0.0191. The van der Waals surface area contributed by atoms with Crippen molar-refractivity contribution in [3.05, 3.63) is 12.2 Å². The molecule has 56 heavy (non-hydrogen) atoms. The van der Waals surface area contributed by atoms with E-state index in [9.17, 15) is 19.0 Å². The van der Waals surface area contributed by atoms with Crippen LogP contribution in [0.15, 0.2) is 12.2 Å². The van der Waals surface area contributed by atoms with E-state index in [0.717, 1.165) is 57.8 Å². The van der Waals surface area contributed by atoms with Crippen molar-refractivity contribution in [3.63, 3.8) is 0 Å². The summed E-state index contributed by atoms with van der Waals surface area (Å²) in [5.74, 6) is -1.78. The van der Waals surface area contributed by atoms with Crippen LogP contribution in [-0.2, 0) is 32.7 Å². The number of aliphatic carboxylic acids is 1. The summed E-state index contributed by atoms with van der Waals surface area (Å²) in [6, 6.07) is -1.47. The van der Waals surface area contributed by atoms with Gasteiger partial charge >= 0.3 is 19.8 Å². The number of esters is 1. The van der Waals surface area contributed by atoms with E-state index in [1.165, 1.54) is 141 Å². The van der Waals surface area contributed by atoms with E-state index in [0.29, 0.717) is 13.0 Å². The van der Waals surface area contributed by atoms with E-state index in [2.05, 4.69) is 26.0 Å². The van der Waals surface area contributed by atoms with Crippen LogP contribution in [0.25, 0.3) is 0 Å². The van der Waals surface area contributed by atoms with Crippen LogP contribution in [0.4, 0.5) is 0 Å². The number of phosphoric ester groups is 1. The Labute approximate surface area is 343 Å². The molecule has 0 amide bonds. The molecule has 0 saturated heterocycles. The van der Waals surface area contributed by atoms with Gasteiger partial charge in [-0.25, -0.2) is 4.57 Å². The van der Waals surface area contributed by atoms with E-state index in [4.69, 9.17) is 29.4 Å². The number of ether oxygens (including phenoxy) is 2. The van der Waals surface area contributed by atoms with E-state index in [1.807, 2.05) is 0 Å². The van der Waals surface area contributed by atoms with E-state index in [1.54, 1.807) is 0 Å². The minimum atomic E-state index is -4.61. The second-order valence-corrected chi connectivity index (χ2v) is 17.3. The molecular formula is C45H88NO9P. The first-order valence-corrected chi connectivity index (χ1v) is 24.7. The van der Waals surface area contributed by atoms with Gasteiger partial charge < -0.3 is 25.2 Å². The number of hydrogen-bond acceptors (Lipinski definition) is 8. The van der Waals surface area contributed by atoms with Gasteiger partial charge in [-0.1, -0.05) is 199 Å². The normalized spacial score (nSPS) is 13.9. The van der Waals surface area contributed by atoms with Crippen LogP contribution in [0, 0.1) is 0 Å². The number of allylic oxidation sites excluding steroid dienone is 2. The Balaban J connectivity index is 4.00. The Morgan fingerprint density at radius 2 is 0.964 bits per heavy atom. The predicted molar refractivity (Wildman–Crippen MR) is 231 cm³/mol. The maximum atomic E-state index is 12.6. The fraction of sp³-hybridized carbons (Fsp3) is 0.911. The summed E-state index contributed by atoms with van der Waals surface area (Å²) in [6.45, 7) is 3.84. The van der Waals surface area contributed by atoms with Gasteiger partial charge in [-0.3, -0.25) is 18.6 Å². The third kappa shape index (κ3) is 40.9. The van der Waals surface area contributed by atoms with Crippen molar-refractivity contribution in [2.24, 2.45) is 5.73 Å². The summed E-state index contributed by atoms with van der Waals surface area (Å²) in [4.78, 5) is 33.4. The van der Waals surface area contributed by atoms with Gasteiger partial charge in [-0.2, -0.15) is 0 Å². The molecule has 0 bridgehead atoms. The Kier molecular flexibility index (Phi) is 40.9. The summed E-state index contributed by atoms with van der Waals surface area (Å²) in [5.41, 5.74) is 5.35. The number of hydrogen-bond donors (Lipinski definition) is 3. The van der Waals surface area contributed by atoms with Crippen LogP contribution < -0.4 is 5.73 Å². The summed E-state index contributed by atoms with van der Waals surface area (Å²) >= 11 is 0. The maximum Gasteiger partial charge on any atom is 0.472 e. The van der Waals surface area contributed by atoms with Crippen molar-refractivity contribution in [3.8, 4) is 0 Å². The molecule has 10 nitrogen and oxygen atoms in total. The molecule has 0 spiro atoms. The fourth-order valence-corrected chi connectivity index (χ4v) is 7.44. The molecule has 0 aliphatic rings. The first-order valence-electron chi connectivity index (χ1n) is 23.2. The average molecular weight is 818 g/mol. The quantitative estimate of drug-likeness (QED) is 0.0234. The van der Waals surface area contributed by atoms with Gasteiger partial charge in [0.2, 0.25) is 0 Å². The molecule has 0 saturated carbocycles. The molecule has 0 aromatic carbocycles. The Morgan fingerprint density at radius 3 is 1.43 bits per heavy atom. The second kappa shape index (κ2) is 41.9. The molecule has 4 N–H and O–H groups in total. The van der Waals surface area contributed by atoms with Crippen LogP contribution in [0.2, 0.25) is 0 Å². The third-order valence-electron chi connectivity index (χ3n) is 10.3. The zero-order valence-corrected chi connectivity index (χ0v) is 37.1. The van der Waals surface area contributed by atoms with Crippen molar-refractivity contribution in [2.75, 3.05) is 26.4 Å². The number of carboxylic acid groups (broad SMARTS) is 1. The van der Waals surface area contributed by atoms with Gasteiger partial charge in [0.1, 0.15) is 12.1 Å². The molecule has 0 radical (unpaired) electrons. The van der Waals surface area contributed by atoms with Crippen molar-refractivity contribution in [2.45, 2.75) is 238 Å². The van der Waals surface area contributed by atoms with Crippen LogP contribution in [0.5, 0.6) is 0 Å². The van der Waals surface area contributed by atoms with Gasteiger partial charge in [-0.05, 0) is 32.1 Å². The number of rotatable bonds is 45. The van der Waals surface area contributed by atoms with Crippen LogP contribution in [0.1, 0.15) is 226 Å². The highest BCUT2D eigenvalue weighted by atomic mass is 31.2. The fourth-order valence-electron chi connectivity index (χ4n) is 6.67. The molecule has 3 atom stereocenters. The van der Waals surface area contributed by atoms with E-state index >= 15 is 0 Å². The van der Waals surface area contributed by atoms with Gasteiger partial charge in [-0.15, -0.1) is 0 Å². The number of nitrogens with two attached hydrogens (primary N) is 1. The Bertz CT molecular complexity index is 951. The molecular weight excluding hydrogens is 729 g/mol. The molecule has 0 aromatic heterocycles. The lowest BCUT2D eigenvalue weighted by Crippen LogP contribution is -2.34. The number of phosphoric acid groups is 1. The molecule has 0 aliphatic carbocycles. The van der Waals surface area contributed by atoms with Gasteiger partial charge in [0.25, 0.3) is 0 Å². The lowest BCUT2D eigenvalue weighted by atomic mass is 10.0. The highest BCUT2D eigenvalue weighted by molar-refractivity contribution is 7.47. The van der Waals surface area contributed by atoms with Crippen molar-refractivity contribution in [1.82, 2.24) is 0 Å². The summed E-state index contributed by atoms with van der Waals surface area (Å²) in [7, 11) is -4.61. The van der Waals surface area contributed by atoms with Gasteiger partial charge in [0, 0.05) is 13.0 Å².